The average Bonchev–Trinajstić information content (AvgIpc) is 3.20. The lowest BCUT2D eigenvalue weighted by Crippen LogP contribution is -2.45. The van der Waals surface area contributed by atoms with Crippen LogP contribution in [-0.4, -0.2) is 47.2 Å². The number of piperidine rings is 1. The smallest absolute Gasteiger partial charge is 0.231 e. The molecule has 2 aliphatic heterocycles. The summed E-state index contributed by atoms with van der Waals surface area (Å²) in [5.41, 5.74) is 1.05. The Labute approximate surface area is 158 Å². The number of nitrogens with zero attached hydrogens (tertiary/aromatic N) is 4. The largest absolute Gasteiger partial charge is 0.454 e. The van der Waals surface area contributed by atoms with Gasteiger partial charge in [0, 0.05) is 38.6 Å². The molecule has 1 fully saturated rings. The van der Waals surface area contributed by atoms with Gasteiger partial charge in [0.25, 0.3) is 0 Å². The zero-order chi connectivity index (χ0) is 18.6. The maximum atomic E-state index is 13.1. The monoisotopic (exact) mass is 368 g/mol. The molecule has 7 heteroatoms. The van der Waals surface area contributed by atoms with Crippen molar-refractivity contribution in [1.29, 1.82) is 0 Å². The summed E-state index contributed by atoms with van der Waals surface area (Å²) in [6, 6.07) is 7.67. The van der Waals surface area contributed by atoms with Crippen LogP contribution in [0.1, 0.15) is 25.3 Å². The first-order valence-corrected chi connectivity index (χ1v) is 9.44. The van der Waals surface area contributed by atoms with Crippen LogP contribution in [-0.2, 0) is 11.3 Å². The lowest BCUT2D eigenvalue weighted by Gasteiger charge is -2.34. The molecule has 1 saturated heterocycles. The zero-order valence-electron chi connectivity index (χ0n) is 15.5. The molecule has 2 aliphatic rings. The van der Waals surface area contributed by atoms with Crippen molar-refractivity contribution < 1.29 is 14.3 Å². The molecular weight excluding hydrogens is 344 g/mol. The van der Waals surface area contributed by atoms with Gasteiger partial charge in [0.1, 0.15) is 0 Å². The van der Waals surface area contributed by atoms with E-state index in [0.717, 1.165) is 36.4 Å². The van der Waals surface area contributed by atoms with Crippen molar-refractivity contribution in [2.75, 3.05) is 31.3 Å². The van der Waals surface area contributed by atoms with E-state index in [9.17, 15) is 4.79 Å². The van der Waals surface area contributed by atoms with Gasteiger partial charge in [0.05, 0.1) is 5.92 Å². The molecule has 0 aliphatic carbocycles. The van der Waals surface area contributed by atoms with Gasteiger partial charge in [0.2, 0.25) is 18.6 Å². The first-order chi connectivity index (χ1) is 13.2. The van der Waals surface area contributed by atoms with Gasteiger partial charge in [-0.3, -0.25) is 4.79 Å². The van der Waals surface area contributed by atoms with E-state index >= 15 is 0 Å². The van der Waals surface area contributed by atoms with E-state index in [1.54, 1.807) is 18.5 Å². The van der Waals surface area contributed by atoms with Crippen molar-refractivity contribution in [1.82, 2.24) is 14.9 Å². The van der Waals surface area contributed by atoms with Gasteiger partial charge < -0.3 is 19.3 Å². The molecule has 1 aromatic heterocycles. The van der Waals surface area contributed by atoms with Crippen LogP contribution in [0.5, 0.6) is 11.5 Å². The predicted octanol–water partition coefficient (Wildman–Crippen LogP) is 2.47. The number of benzene rings is 1. The number of anilines is 1. The Morgan fingerprint density at radius 1 is 1.26 bits per heavy atom. The van der Waals surface area contributed by atoms with Crippen molar-refractivity contribution in [3.63, 3.8) is 0 Å². The third kappa shape index (κ3) is 3.82. The van der Waals surface area contributed by atoms with Crippen LogP contribution in [0, 0.1) is 5.92 Å². The van der Waals surface area contributed by atoms with Gasteiger partial charge in [-0.05, 0) is 43.5 Å². The number of hydrogen-bond donors (Lipinski definition) is 0. The minimum Gasteiger partial charge on any atom is -0.454 e. The van der Waals surface area contributed by atoms with E-state index in [0.29, 0.717) is 25.6 Å². The van der Waals surface area contributed by atoms with Gasteiger partial charge in [-0.2, -0.15) is 0 Å². The highest BCUT2D eigenvalue weighted by Gasteiger charge is 2.30. The maximum Gasteiger partial charge on any atom is 0.231 e. The van der Waals surface area contributed by atoms with Crippen LogP contribution in [0.15, 0.2) is 36.7 Å². The predicted molar refractivity (Wildman–Crippen MR) is 101 cm³/mol. The van der Waals surface area contributed by atoms with Crippen LogP contribution < -0.4 is 14.4 Å². The topological polar surface area (TPSA) is 67.8 Å². The zero-order valence-corrected chi connectivity index (χ0v) is 15.5. The molecule has 1 amide bonds. The standard InChI is InChI=1S/C20H24N4O3/c1-2-23(12-15-6-7-17-18(11-15)27-14-26-17)19(25)16-5-3-10-24(13-16)20-21-8-4-9-22-20/h4,6-9,11,16H,2-3,5,10,12-14H2,1H3. The van der Waals surface area contributed by atoms with Gasteiger partial charge in [-0.25, -0.2) is 9.97 Å². The van der Waals surface area contributed by atoms with E-state index in [1.807, 2.05) is 30.0 Å². The Morgan fingerprint density at radius 2 is 2.07 bits per heavy atom. The molecule has 1 aromatic carbocycles. The fourth-order valence-electron chi connectivity index (χ4n) is 3.68. The highest BCUT2D eigenvalue weighted by atomic mass is 16.7. The molecule has 1 unspecified atom stereocenters. The van der Waals surface area contributed by atoms with E-state index in [1.165, 1.54) is 0 Å². The Hall–Kier alpha value is -2.83. The molecule has 27 heavy (non-hydrogen) atoms. The highest BCUT2D eigenvalue weighted by molar-refractivity contribution is 5.79. The van der Waals surface area contributed by atoms with Crippen LogP contribution in [0.2, 0.25) is 0 Å². The molecule has 2 aromatic rings. The quantitative estimate of drug-likeness (QED) is 0.808. The van der Waals surface area contributed by atoms with Crippen molar-refractivity contribution in [3.8, 4) is 11.5 Å². The minimum absolute atomic E-state index is 0.0310. The first-order valence-electron chi connectivity index (χ1n) is 9.44. The molecule has 4 rings (SSSR count). The van der Waals surface area contributed by atoms with Crippen molar-refractivity contribution in [3.05, 3.63) is 42.2 Å². The van der Waals surface area contributed by atoms with Crippen LogP contribution in [0.4, 0.5) is 5.95 Å². The third-order valence-corrected chi connectivity index (χ3v) is 5.11. The van der Waals surface area contributed by atoms with E-state index in [4.69, 9.17) is 9.47 Å². The first kappa shape index (κ1) is 17.6. The van der Waals surface area contributed by atoms with Crippen molar-refractivity contribution >= 4 is 11.9 Å². The minimum atomic E-state index is -0.0310. The van der Waals surface area contributed by atoms with Crippen LogP contribution in [0.3, 0.4) is 0 Å². The summed E-state index contributed by atoms with van der Waals surface area (Å²) >= 11 is 0. The van der Waals surface area contributed by atoms with E-state index in [2.05, 4.69) is 14.9 Å². The molecule has 0 saturated carbocycles. The summed E-state index contributed by atoms with van der Waals surface area (Å²) < 4.78 is 10.8. The van der Waals surface area contributed by atoms with Crippen molar-refractivity contribution in [2.45, 2.75) is 26.3 Å². The second-order valence-corrected chi connectivity index (χ2v) is 6.87. The van der Waals surface area contributed by atoms with E-state index in [-0.39, 0.29) is 18.6 Å². The number of amides is 1. The number of rotatable bonds is 5. The lowest BCUT2D eigenvalue weighted by molar-refractivity contribution is -0.136. The number of aromatic nitrogens is 2. The fraction of sp³-hybridized carbons (Fsp3) is 0.450. The van der Waals surface area contributed by atoms with Gasteiger partial charge in [-0.1, -0.05) is 6.07 Å². The molecule has 7 nitrogen and oxygen atoms in total. The second-order valence-electron chi connectivity index (χ2n) is 6.87. The number of carbonyl (C=O) groups is 1. The Bertz CT molecular complexity index is 799. The average molecular weight is 368 g/mol. The number of hydrogen-bond acceptors (Lipinski definition) is 6. The molecule has 0 spiro atoms. The molecule has 1 atom stereocenters. The molecule has 0 N–H and O–H groups in total. The summed E-state index contributed by atoms with van der Waals surface area (Å²) in [5, 5.41) is 0. The molecule has 3 heterocycles. The highest BCUT2D eigenvalue weighted by Crippen LogP contribution is 2.33. The summed E-state index contributed by atoms with van der Waals surface area (Å²) in [7, 11) is 0. The fourth-order valence-corrected chi connectivity index (χ4v) is 3.68. The number of carbonyl (C=O) groups excluding carboxylic acids is 1. The normalized spacial score (nSPS) is 18.4. The van der Waals surface area contributed by atoms with Gasteiger partial charge in [-0.15, -0.1) is 0 Å². The third-order valence-electron chi connectivity index (χ3n) is 5.11. The van der Waals surface area contributed by atoms with E-state index < -0.39 is 0 Å². The Kier molecular flexibility index (Phi) is 5.09. The Morgan fingerprint density at radius 3 is 2.89 bits per heavy atom. The lowest BCUT2D eigenvalue weighted by atomic mass is 9.96. The maximum absolute atomic E-state index is 13.1. The summed E-state index contributed by atoms with van der Waals surface area (Å²) in [5.74, 6) is 2.38. The summed E-state index contributed by atoms with van der Waals surface area (Å²) in [6.07, 6.45) is 5.35. The second kappa shape index (κ2) is 7.82. The molecule has 142 valence electrons. The molecule has 0 radical (unpaired) electrons. The summed E-state index contributed by atoms with van der Waals surface area (Å²) in [4.78, 5) is 25.8. The van der Waals surface area contributed by atoms with Crippen molar-refractivity contribution in [2.24, 2.45) is 5.92 Å². The SMILES string of the molecule is CCN(Cc1ccc2c(c1)OCO2)C(=O)C1CCCN(c2ncccn2)C1. The Balaban J connectivity index is 1.43. The number of fused-ring (bicyclic) bond motifs is 1. The van der Waals surface area contributed by atoms with Gasteiger partial charge >= 0.3 is 0 Å². The molecular formula is C20H24N4O3. The summed E-state index contributed by atoms with van der Waals surface area (Å²) in [6.45, 7) is 5.08. The molecule has 0 bridgehead atoms. The van der Waals surface area contributed by atoms with Gasteiger partial charge in [0.15, 0.2) is 11.5 Å². The number of ether oxygens (including phenoxy) is 2. The van der Waals surface area contributed by atoms with Crippen LogP contribution in [0.25, 0.3) is 0 Å². The van der Waals surface area contributed by atoms with Crippen LogP contribution >= 0.6 is 0 Å².